The first-order valence-corrected chi connectivity index (χ1v) is 9.33. The van der Waals surface area contributed by atoms with Gasteiger partial charge in [0.25, 0.3) is 11.8 Å². The standard InChI is InChI=1S/C19H22N2O2S/c1-2-16-6-3-4-12-21(16)19(23)14-8-10-15(11-9-14)20-18(22)17-7-5-13-24-17/h5,7-11,13,16H,2-4,6,12H2,1H3,(H,20,22). The minimum atomic E-state index is -0.119. The van der Waals surface area contributed by atoms with Crippen LogP contribution in [0.1, 0.15) is 52.6 Å². The van der Waals surface area contributed by atoms with Gasteiger partial charge >= 0.3 is 0 Å². The summed E-state index contributed by atoms with van der Waals surface area (Å²) in [7, 11) is 0. The molecule has 2 amide bonds. The number of anilines is 1. The Balaban J connectivity index is 1.67. The fourth-order valence-electron chi connectivity index (χ4n) is 3.15. The Morgan fingerprint density at radius 1 is 1.21 bits per heavy atom. The van der Waals surface area contributed by atoms with Crippen molar-refractivity contribution >= 4 is 28.8 Å². The van der Waals surface area contributed by atoms with Gasteiger partial charge in [0.05, 0.1) is 4.88 Å². The summed E-state index contributed by atoms with van der Waals surface area (Å²) in [6.07, 6.45) is 4.38. The third-order valence-corrected chi connectivity index (χ3v) is 5.36. The van der Waals surface area contributed by atoms with Gasteiger partial charge in [-0.1, -0.05) is 13.0 Å². The van der Waals surface area contributed by atoms with E-state index < -0.39 is 0 Å². The molecule has 1 aliphatic heterocycles. The summed E-state index contributed by atoms with van der Waals surface area (Å²) in [5.74, 6) is -0.0242. The lowest BCUT2D eigenvalue weighted by molar-refractivity contribution is 0.0608. The second-order valence-corrected chi connectivity index (χ2v) is 7.01. The maximum absolute atomic E-state index is 12.7. The fraction of sp³-hybridized carbons (Fsp3) is 0.368. The monoisotopic (exact) mass is 342 g/mol. The molecule has 0 bridgehead atoms. The highest BCUT2D eigenvalue weighted by Crippen LogP contribution is 2.22. The largest absolute Gasteiger partial charge is 0.336 e. The molecule has 1 fully saturated rings. The zero-order valence-corrected chi connectivity index (χ0v) is 14.6. The Morgan fingerprint density at radius 3 is 2.67 bits per heavy atom. The van der Waals surface area contributed by atoms with Crippen LogP contribution in [0, 0.1) is 0 Å². The Hall–Kier alpha value is -2.14. The highest BCUT2D eigenvalue weighted by molar-refractivity contribution is 7.12. The number of carbonyl (C=O) groups is 2. The molecule has 0 radical (unpaired) electrons. The zero-order chi connectivity index (χ0) is 16.9. The maximum Gasteiger partial charge on any atom is 0.265 e. The summed E-state index contributed by atoms with van der Waals surface area (Å²) in [6, 6.07) is 11.2. The molecule has 2 heterocycles. The first-order valence-electron chi connectivity index (χ1n) is 8.45. The van der Waals surface area contributed by atoms with Crippen LogP contribution in [0.4, 0.5) is 5.69 Å². The van der Waals surface area contributed by atoms with Gasteiger partial charge in [0.1, 0.15) is 0 Å². The third kappa shape index (κ3) is 3.67. The maximum atomic E-state index is 12.7. The number of hydrogen-bond acceptors (Lipinski definition) is 3. The SMILES string of the molecule is CCC1CCCCN1C(=O)c1ccc(NC(=O)c2cccs2)cc1. The van der Waals surface area contributed by atoms with Gasteiger partial charge in [-0.2, -0.15) is 0 Å². The van der Waals surface area contributed by atoms with E-state index in [2.05, 4.69) is 12.2 Å². The van der Waals surface area contributed by atoms with Crippen molar-refractivity contribution in [3.63, 3.8) is 0 Å². The molecule has 1 aromatic carbocycles. The van der Waals surface area contributed by atoms with Crippen LogP contribution in [0.3, 0.4) is 0 Å². The molecule has 0 spiro atoms. The van der Waals surface area contributed by atoms with Crippen molar-refractivity contribution < 1.29 is 9.59 Å². The summed E-state index contributed by atoms with van der Waals surface area (Å²) < 4.78 is 0. The minimum Gasteiger partial charge on any atom is -0.336 e. The van der Waals surface area contributed by atoms with E-state index >= 15 is 0 Å². The van der Waals surface area contributed by atoms with Crippen LogP contribution in [0.15, 0.2) is 41.8 Å². The number of thiophene rings is 1. The molecular formula is C19H22N2O2S. The zero-order valence-electron chi connectivity index (χ0n) is 13.8. The Morgan fingerprint density at radius 2 is 2.00 bits per heavy atom. The van der Waals surface area contributed by atoms with Gasteiger partial charge in [0.2, 0.25) is 0 Å². The Kier molecular flexibility index (Phi) is 5.30. The first kappa shape index (κ1) is 16.7. The van der Waals surface area contributed by atoms with Gasteiger partial charge < -0.3 is 10.2 Å². The quantitative estimate of drug-likeness (QED) is 0.895. The van der Waals surface area contributed by atoms with Crippen molar-refractivity contribution in [1.29, 1.82) is 0 Å². The number of piperidine rings is 1. The molecule has 3 rings (SSSR count). The van der Waals surface area contributed by atoms with Crippen LogP contribution in [0.5, 0.6) is 0 Å². The second kappa shape index (κ2) is 7.62. The van der Waals surface area contributed by atoms with Crippen molar-refractivity contribution in [2.75, 3.05) is 11.9 Å². The van der Waals surface area contributed by atoms with Crippen LogP contribution >= 0.6 is 11.3 Å². The van der Waals surface area contributed by atoms with Crippen LogP contribution in [0.2, 0.25) is 0 Å². The van der Waals surface area contributed by atoms with Crippen LogP contribution in [-0.2, 0) is 0 Å². The number of likely N-dealkylation sites (tertiary alicyclic amines) is 1. The van der Waals surface area contributed by atoms with Crippen molar-refractivity contribution in [1.82, 2.24) is 4.90 Å². The third-order valence-electron chi connectivity index (χ3n) is 4.49. The number of rotatable bonds is 4. The molecular weight excluding hydrogens is 320 g/mol. The number of nitrogens with one attached hydrogen (secondary N) is 1. The van der Waals surface area contributed by atoms with Gasteiger partial charge in [0.15, 0.2) is 0 Å². The number of amides is 2. The van der Waals surface area contributed by atoms with Crippen LogP contribution < -0.4 is 5.32 Å². The van der Waals surface area contributed by atoms with E-state index in [0.717, 1.165) is 25.8 Å². The van der Waals surface area contributed by atoms with Crippen molar-refractivity contribution in [2.24, 2.45) is 0 Å². The molecule has 2 aromatic rings. The summed E-state index contributed by atoms with van der Waals surface area (Å²) in [5, 5.41) is 4.73. The molecule has 1 atom stereocenters. The van der Waals surface area contributed by atoms with Crippen LogP contribution in [0.25, 0.3) is 0 Å². The van der Waals surface area contributed by atoms with Gasteiger partial charge in [-0.05, 0) is 61.4 Å². The van der Waals surface area contributed by atoms with E-state index in [1.165, 1.54) is 17.8 Å². The Labute approximate surface area is 146 Å². The molecule has 126 valence electrons. The van der Waals surface area contributed by atoms with E-state index in [9.17, 15) is 9.59 Å². The Bertz CT molecular complexity index is 695. The summed E-state index contributed by atoms with van der Waals surface area (Å²) in [6.45, 7) is 2.98. The minimum absolute atomic E-state index is 0.0951. The smallest absolute Gasteiger partial charge is 0.265 e. The predicted molar refractivity (Wildman–Crippen MR) is 97.7 cm³/mol. The van der Waals surface area contributed by atoms with Crippen molar-refractivity contribution in [2.45, 2.75) is 38.6 Å². The molecule has 4 nitrogen and oxygen atoms in total. The average Bonchev–Trinajstić information content (AvgIpc) is 3.16. The van der Waals surface area contributed by atoms with Gasteiger partial charge in [-0.15, -0.1) is 11.3 Å². The fourth-order valence-corrected chi connectivity index (χ4v) is 3.77. The molecule has 1 aliphatic rings. The molecule has 24 heavy (non-hydrogen) atoms. The average molecular weight is 342 g/mol. The molecule has 0 aliphatic carbocycles. The molecule has 1 saturated heterocycles. The topological polar surface area (TPSA) is 49.4 Å². The van der Waals surface area contributed by atoms with E-state index in [1.807, 2.05) is 16.3 Å². The van der Waals surface area contributed by atoms with Gasteiger partial charge in [-0.25, -0.2) is 0 Å². The lowest BCUT2D eigenvalue weighted by Crippen LogP contribution is -2.43. The number of nitrogens with zero attached hydrogens (tertiary/aromatic N) is 1. The van der Waals surface area contributed by atoms with Crippen LogP contribution in [-0.4, -0.2) is 29.3 Å². The predicted octanol–water partition coefficient (Wildman–Crippen LogP) is 4.41. The lowest BCUT2D eigenvalue weighted by atomic mass is 9.99. The lowest BCUT2D eigenvalue weighted by Gasteiger charge is -2.35. The van der Waals surface area contributed by atoms with E-state index in [0.29, 0.717) is 22.2 Å². The molecule has 1 aromatic heterocycles. The number of benzene rings is 1. The second-order valence-electron chi connectivity index (χ2n) is 6.07. The van der Waals surface area contributed by atoms with Crippen molar-refractivity contribution in [3.05, 3.63) is 52.2 Å². The summed E-state index contributed by atoms with van der Waals surface area (Å²) >= 11 is 1.41. The normalized spacial score (nSPS) is 17.5. The molecule has 1 unspecified atom stereocenters. The highest BCUT2D eigenvalue weighted by Gasteiger charge is 2.26. The summed E-state index contributed by atoms with van der Waals surface area (Å²) in [4.78, 5) is 27.5. The van der Waals surface area contributed by atoms with E-state index in [-0.39, 0.29) is 11.8 Å². The van der Waals surface area contributed by atoms with Gasteiger partial charge in [0, 0.05) is 23.8 Å². The molecule has 5 heteroatoms. The van der Waals surface area contributed by atoms with Crippen molar-refractivity contribution in [3.8, 4) is 0 Å². The van der Waals surface area contributed by atoms with E-state index in [1.54, 1.807) is 30.3 Å². The van der Waals surface area contributed by atoms with Gasteiger partial charge in [-0.3, -0.25) is 9.59 Å². The van der Waals surface area contributed by atoms with E-state index in [4.69, 9.17) is 0 Å². The number of hydrogen-bond donors (Lipinski definition) is 1. The molecule has 1 N–H and O–H groups in total. The molecule has 0 saturated carbocycles. The first-order chi connectivity index (χ1) is 11.7. The highest BCUT2D eigenvalue weighted by atomic mass is 32.1. The number of carbonyl (C=O) groups excluding carboxylic acids is 2. The summed E-state index contributed by atoms with van der Waals surface area (Å²) in [5.41, 5.74) is 1.39.